The van der Waals surface area contributed by atoms with Crippen molar-refractivity contribution in [3.63, 3.8) is 0 Å². The maximum atomic E-state index is 12.7. The fraction of sp³-hybridized carbons (Fsp3) is 0.174. The van der Waals surface area contributed by atoms with Gasteiger partial charge in [0.15, 0.2) is 16.7 Å². The Morgan fingerprint density at radius 2 is 1.97 bits per heavy atom. The molecule has 2 heterocycles. The Kier molecular flexibility index (Phi) is 6.83. The zero-order valence-corrected chi connectivity index (χ0v) is 20.1. The van der Waals surface area contributed by atoms with Gasteiger partial charge in [0.25, 0.3) is 5.91 Å². The van der Waals surface area contributed by atoms with Gasteiger partial charge in [-0.15, -0.1) is 11.3 Å². The fourth-order valence-corrected chi connectivity index (χ4v) is 4.73. The van der Waals surface area contributed by atoms with E-state index in [9.17, 15) is 4.79 Å². The van der Waals surface area contributed by atoms with E-state index in [0.717, 1.165) is 16.8 Å². The molecule has 1 saturated heterocycles. The lowest BCUT2D eigenvalue weighted by atomic mass is 10.2. The van der Waals surface area contributed by atoms with Crippen molar-refractivity contribution in [2.24, 2.45) is 4.99 Å². The molecule has 9 heteroatoms. The predicted octanol–water partition coefficient (Wildman–Crippen LogP) is 5.93. The van der Waals surface area contributed by atoms with Crippen molar-refractivity contribution in [3.05, 3.63) is 74.6 Å². The molecule has 0 spiro atoms. The zero-order valence-electron chi connectivity index (χ0n) is 17.7. The molecule has 0 bridgehead atoms. The standard InChI is InChI=1S/C23H20ClN3O3S2/c1-14-13-31-22(25-14)26-23-27(2)21(28)20(32-23)11-16-6-9-18(19(10-16)29-3)30-12-15-4-7-17(24)8-5-15/h4-11,13H,12H2,1-3H3/b20-11-,26-23+. The number of thioether (sulfide) groups is 1. The van der Waals surface area contributed by atoms with Gasteiger partial charge in [-0.1, -0.05) is 29.8 Å². The smallest absolute Gasteiger partial charge is 0.266 e. The number of carbonyl (C=O) groups is 1. The van der Waals surface area contributed by atoms with Crippen LogP contribution in [-0.2, 0) is 11.4 Å². The molecule has 0 atom stereocenters. The van der Waals surface area contributed by atoms with Crippen LogP contribution >= 0.6 is 34.7 Å². The summed E-state index contributed by atoms with van der Waals surface area (Å²) in [5.41, 5.74) is 2.74. The molecule has 1 aliphatic heterocycles. The van der Waals surface area contributed by atoms with Gasteiger partial charge in [0.05, 0.1) is 17.7 Å². The van der Waals surface area contributed by atoms with Crippen molar-refractivity contribution in [2.75, 3.05) is 14.2 Å². The Balaban J connectivity index is 1.51. The van der Waals surface area contributed by atoms with E-state index in [2.05, 4.69) is 9.98 Å². The molecular formula is C23H20ClN3O3S2. The Morgan fingerprint density at radius 1 is 1.19 bits per heavy atom. The van der Waals surface area contributed by atoms with Gasteiger partial charge in [-0.25, -0.2) is 4.98 Å². The summed E-state index contributed by atoms with van der Waals surface area (Å²) in [6.07, 6.45) is 1.82. The normalized spacial score (nSPS) is 16.2. The highest BCUT2D eigenvalue weighted by molar-refractivity contribution is 8.18. The third-order valence-electron chi connectivity index (χ3n) is 4.59. The van der Waals surface area contributed by atoms with Gasteiger partial charge >= 0.3 is 0 Å². The Morgan fingerprint density at radius 3 is 2.66 bits per heavy atom. The molecule has 0 saturated carbocycles. The van der Waals surface area contributed by atoms with Gasteiger partial charge in [-0.05, 0) is 60.2 Å². The number of halogens is 1. The highest BCUT2D eigenvalue weighted by Gasteiger charge is 2.30. The molecule has 32 heavy (non-hydrogen) atoms. The average molecular weight is 486 g/mol. The van der Waals surface area contributed by atoms with Crippen LogP contribution in [0.2, 0.25) is 5.02 Å². The van der Waals surface area contributed by atoms with Crippen molar-refractivity contribution in [1.82, 2.24) is 9.88 Å². The molecule has 1 aliphatic rings. The average Bonchev–Trinajstić information content (AvgIpc) is 3.32. The third kappa shape index (κ3) is 5.15. The SMILES string of the molecule is COc1cc(/C=C2\S/C(=N/c3nc(C)cs3)N(C)C2=O)ccc1OCc1ccc(Cl)cc1. The number of amidine groups is 1. The van der Waals surface area contributed by atoms with Gasteiger partial charge in [-0.2, -0.15) is 4.99 Å². The molecule has 0 unspecified atom stereocenters. The van der Waals surface area contributed by atoms with E-state index < -0.39 is 0 Å². The lowest BCUT2D eigenvalue weighted by Gasteiger charge is -2.11. The van der Waals surface area contributed by atoms with Gasteiger partial charge < -0.3 is 9.47 Å². The number of hydrogen-bond donors (Lipinski definition) is 0. The van der Waals surface area contributed by atoms with Crippen molar-refractivity contribution >= 4 is 57.0 Å². The number of amides is 1. The Hall–Kier alpha value is -2.81. The molecule has 0 N–H and O–H groups in total. The second-order valence-electron chi connectivity index (χ2n) is 6.97. The van der Waals surface area contributed by atoms with Gasteiger partial charge in [-0.3, -0.25) is 9.69 Å². The first kappa shape index (κ1) is 22.4. The molecule has 0 radical (unpaired) electrons. The first-order valence-corrected chi connectivity index (χ1v) is 11.7. The maximum Gasteiger partial charge on any atom is 0.266 e. The minimum absolute atomic E-state index is 0.107. The zero-order chi connectivity index (χ0) is 22.7. The number of methoxy groups -OCH3 is 1. The summed E-state index contributed by atoms with van der Waals surface area (Å²) in [7, 11) is 3.30. The van der Waals surface area contributed by atoms with Gasteiger partial charge in [0.2, 0.25) is 5.13 Å². The van der Waals surface area contributed by atoms with Crippen LogP contribution < -0.4 is 9.47 Å². The van der Waals surface area contributed by atoms with E-state index in [4.69, 9.17) is 21.1 Å². The number of nitrogens with zero attached hydrogens (tertiary/aromatic N) is 3. The minimum Gasteiger partial charge on any atom is -0.493 e. The van der Waals surface area contributed by atoms with E-state index in [0.29, 0.717) is 38.3 Å². The monoisotopic (exact) mass is 485 g/mol. The summed E-state index contributed by atoms with van der Waals surface area (Å²) in [5.74, 6) is 1.10. The van der Waals surface area contributed by atoms with Crippen LogP contribution in [0.5, 0.6) is 11.5 Å². The molecular weight excluding hydrogens is 466 g/mol. The van der Waals surface area contributed by atoms with E-state index in [1.165, 1.54) is 28.0 Å². The molecule has 2 aromatic carbocycles. The van der Waals surface area contributed by atoms with E-state index in [1.807, 2.05) is 60.8 Å². The number of hydrogen-bond acceptors (Lipinski definition) is 7. The van der Waals surface area contributed by atoms with Crippen LogP contribution in [0.4, 0.5) is 5.13 Å². The lowest BCUT2D eigenvalue weighted by Crippen LogP contribution is -2.23. The molecule has 164 valence electrons. The number of carbonyl (C=O) groups excluding carboxylic acids is 1. The number of rotatable bonds is 6. The van der Waals surface area contributed by atoms with Crippen molar-refractivity contribution in [2.45, 2.75) is 13.5 Å². The Labute approximate surface area is 199 Å². The fourth-order valence-electron chi connectivity index (χ4n) is 2.91. The van der Waals surface area contributed by atoms with E-state index >= 15 is 0 Å². The second-order valence-corrected chi connectivity index (χ2v) is 9.25. The summed E-state index contributed by atoms with van der Waals surface area (Å²) in [4.78, 5) is 23.7. The third-order valence-corrected chi connectivity index (χ3v) is 6.76. The highest BCUT2D eigenvalue weighted by Crippen LogP contribution is 2.35. The van der Waals surface area contributed by atoms with Crippen molar-refractivity contribution in [1.29, 1.82) is 0 Å². The molecule has 6 nitrogen and oxygen atoms in total. The number of likely N-dealkylation sites (N-methyl/N-ethyl adjacent to an activating group) is 1. The number of aromatic nitrogens is 1. The van der Waals surface area contributed by atoms with Crippen LogP contribution in [0.3, 0.4) is 0 Å². The molecule has 0 aliphatic carbocycles. The number of benzene rings is 2. The number of thiazole rings is 1. The predicted molar refractivity (Wildman–Crippen MR) is 131 cm³/mol. The molecule has 1 amide bonds. The summed E-state index contributed by atoms with van der Waals surface area (Å²) in [6, 6.07) is 13.1. The number of aryl methyl sites for hydroxylation is 1. The lowest BCUT2D eigenvalue weighted by molar-refractivity contribution is -0.121. The van der Waals surface area contributed by atoms with Crippen molar-refractivity contribution < 1.29 is 14.3 Å². The van der Waals surface area contributed by atoms with Gasteiger partial charge in [0.1, 0.15) is 6.61 Å². The van der Waals surface area contributed by atoms with Crippen LogP contribution in [0, 0.1) is 6.92 Å². The molecule has 1 aromatic heterocycles. The molecule has 4 rings (SSSR count). The van der Waals surface area contributed by atoms with Crippen molar-refractivity contribution in [3.8, 4) is 11.5 Å². The number of ether oxygens (including phenoxy) is 2. The van der Waals surface area contributed by atoms with Crippen LogP contribution in [0.25, 0.3) is 6.08 Å². The van der Waals surface area contributed by atoms with E-state index in [1.54, 1.807) is 14.2 Å². The first-order valence-electron chi connectivity index (χ1n) is 9.66. The Bertz CT molecular complexity index is 1210. The summed E-state index contributed by atoms with van der Waals surface area (Å²) < 4.78 is 11.4. The number of aliphatic imine (C=N–C) groups is 1. The van der Waals surface area contributed by atoms with Gasteiger partial charge in [0, 0.05) is 17.5 Å². The minimum atomic E-state index is -0.107. The van der Waals surface area contributed by atoms with E-state index in [-0.39, 0.29) is 5.91 Å². The second kappa shape index (κ2) is 9.77. The summed E-state index contributed by atoms with van der Waals surface area (Å²) >= 11 is 8.70. The largest absolute Gasteiger partial charge is 0.493 e. The van der Waals surface area contributed by atoms with Crippen LogP contribution in [-0.4, -0.2) is 35.1 Å². The first-order chi connectivity index (χ1) is 15.4. The molecule has 3 aromatic rings. The van der Waals surface area contributed by atoms with Crippen LogP contribution in [0.15, 0.2) is 57.7 Å². The quantitative estimate of drug-likeness (QED) is 0.405. The topological polar surface area (TPSA) is 64.0 Å². The maximum absolute atomic E-state index is 12.7. The summed E-state index contributed by atoms with van der Waals surface area (Å²) in [6.45, 7) is 2.31. The van der Waals surface area contributed by atoms with Crippen LogP contribution in [0.1, 0.15) is 16.8 Å². The summed E-state index contributed by atoms with van der Waals surface area (Å²) in [5, 5.41) is 3.85. The molecule has 1 fully saturated rings. The highest BCUT2D eigenvalue weighted by atomic mass is 35.5.